The summed E-state index contributed by atoms with van der Waals surface area (Å²) in [6.45, 7) is 4.63. The van der Waals surface area contributed by atoms with E-state index in [9.17, 15) is 18.0 Å². The number of carbonyl (C=O) groups excluding carboxylic acids is 1. The molecule has 1 fully saturated rings. The molecule has 0 spiro atoms. The molecule has 8 nitrogen and oxygen atoms in total. The van der Waals surface area contributed by atoms with Crippen LogP contribution >= 0.6 is 0 Å². The lowest BCUT2D eigenvalue weighted by Crippen LogP contribution is -2.39. The molecule has 3 N–H and O–H groups in total. The van der Waals surface area contributed by atoms with Crippen molar-refractivity contribution in [2.45, 2.75) is 51.9 Å². The van der Waals surface area contributed by atoms with Crippen LogP contribution in [0.15, 0.2) is 18.2 Å². The average Bonchev–Trinajstić information content (AvgIpc) is 3.27. The van der Waals surface area contributed by atoms with E-state index in [0.29, 0.717) is 30.1 Å². The van der Waals surface area contributed by atoms with Crippen molar-refractivity contribution in [2.24, 2.45) is 0 Å². The van der Waals surface area contributed by atoms with E-state index in [-0.39, 0.29) is 36.5 Å². The monoisotopic (exact) mass is 478 g/mol. The Morgan fingerprint density at radius 2 is 1.82 bits per heavy atom. The highest BCUT2D eigenvalue weighted by molar-refractivity contribution is 6.03. The first-order valence-electron chi connectivity index (χ1n) is 11.5. The number of amides is 1. The minimum absolute atomic E-state index is 0.0494. The summed E-state index contributed by atoms with van der Waals surface area (Å²) in [5.74, 6) is 0.0390. The van der Waals surface area contributed by atoms with Gasteiger partial charge >= 0.3 is 12.2 Å². The first kappa shape index (κ1) is 24.1. The van der Waals surface area contributed by atoms with Crippen LogP contribution in [-0.4, -0.2) is 47.0 Å². The highest BCUT2D eigenvalue weighted by atomic mass is 19.4. The van der Waals surface area contributed by atoms with Crippen LogP contribution in [0.2, 0.25) is 0 Å². The number of benzene rings is 1. The standard InChI is InChI=1S/C23H29F3N6O2/c1-2-3-8-34-22-29-20(27)19-21(30-22)32(14-18(33)28-19)13-16-9-15(12-31-6-4-5-7-31)10-17(11-16)23(24,25)26/h9-11H,2-8,12-14H2,1H3,(H,28,33)(H2,27,29,30). The van der Waals surface area contributed by atoms with E-state index in [1.165, 1.54) is 6.07 Å². The number of alkyl halides is 3. The molecule has 4 rings (SSSR count). The fraction of sp³-hybridized carbons (Fsp3) is 0.522. The number of nitrogens with one attached hydrogen (secondary N) is 1. The van der Waals surface area contributed by atoms with Gasteiger partial charge < -0.3 is 20.7 Å². The molecule has 0 radical (unpaired) electrons. The first-order valence-corrected chi connectivity index (χ1v) is 11.5. The number of hydrogen-bond acceptors (Lipinski definition) is 7. The Hall–Kier alpha value is -3.08. The third-order valence-electron chi connectivity index (χ3n) is 5.88. The van der Waals surface area contributed by atoms with Crippen LogP contribution in [-0.2, 0) is 24.1 Å². The van der Waals surface area contributed by atoms with Crippen LogP contribution in [0.5, 0.6) is 6.01 Å². The number of anilines is 3. The Kier molecular flexibility index (Phi) is 7.11. The van der Waals surface area contributed by atoms with Crippen molar-refractivity contribution in [2.75, 3.05) is 42.2 Å². The molecule has 2 aliphatic heterocycles. The zero-order valence-corrected chi connectivity index (χ0v) is 19.1. The molecule has 11 heteroatoms. The summed E-state index contributed by atoms with van der Waals surface area (Å²) in [5.41, 5.74) is 6.61. The SMILES string of the molecule is CCCCOc1nc(N)c2c(n1)N(Cc1cc(CN3CCCC3)cc(C(F)(F)F)c1)CC(=O)N2. The molecular weight excluding hydrogens is 449 g/mol. The predicted octanol–water partition coefficient (Wildman–Crippen LogP) is 3.81. The summed E-state index contributed by atoms with van der Waals surface area (Å²) < 4.78 is 46.5. The van der Waals surface area contributed by atoms with E-state index in [1.807, 2.05) is 6.92 Å². The van der Waals surface area contributed by atoms with Crippen molar-refractivity contribution >= 4 is 23.2 Å². The second-order valence-electron chi connectivity index (χ2n) is 8.72. The molecule has 0 unspecified atom stereocenters. The van der Waals surface area contributed by atoms with Crippen molar-refractivity contribution in [3.63, 3.8) is 0 Å². The molecule has 0 saturated carbocycles. The molecule has 2 aromatic rings. The lowest BCUT2D eigenvalue weighted by molar-refractivity contribution is -0.137. The highest BCUT2D eigenvalue weighted by Gasteiger charge is 2.32. The molecule has 0 bridgehead atoms. The van der Waals surface area contributed by atoms with Crippen LogP contribution in [0.1, 0.15) is 49.3 Å². The number of ether oxygens (including phenoxy) is 1. The van der Waals surface area contributed by atoms with Gasteiger partial charge in [-0.15, -0.1) is 0 Å². The highest BCUT2D eigenvalue weighted by Crippen LogP contribution is 2.36. The number of nitrogen functional groups attached to an aromatic ring is 1. The summed E-state index contributed by atoms with van der Waals surface area (Å²) >= 11 is 0. The van der Waals surface area contributed by atoms with Crippen LogP contribution in [0.25, 0.3) is 0 Å². The summed E-state index contributed by atoms with van der Waals surface area (Å²) in [4.78, 5) is 24.6. The van der Waals surface area contributed by atoms with E-state index in [0.717, 1.165) is 44.8 Å². The molecule has 1 amide bonds. The molecule has 184 valence electrons. The van der Waals surface area contributed by atoms with Crippen molar-refractivity contribution in [1.29, 1.82) is 0 Å². The number of halogens is 3. The summed E-state index contributed by atoms with van der Waals surface area (Å²) in [7, 11) is 0. The fourth-order valence-corrected chi connectivity index (χ4v) is 4.25. The van der Waals surface area contributed by atoms with E-state index in [4.69, 9.17) is 10.5 Å². The van der Waals surface area contributed by atoms with Gasteiger partial charge in [0, 0.05) is 13.1 Å². The zero-order chi connectivity index (χ0) is 24.3. The Labute approximate surface area is 196 Å². The maximum absolute atomic E-state index is 13.6. The normalized spacial score (nSPS) is 16.5. The number of hydrogen-bond donors (Lipinski definition) is 2. The largest absolute Gasteiger partial charge is 0.463 e. The van der Waals surface area contributed by atoms with Crippen molar-refractivity contribution < 1.29 is 22.7 Å². The molecule has 34 heavy (non-hydrogen) atoms. The topological polar surface area (TPSA) is 96.6 Å². The molecular formula is C23H29F3N6O2. The zero-order valence-electron chi connectivity index (χ0n) is 19.1. The van der Waals surface area contributed by atoms with Gasteiger partial charge in [-0.1, -0.05) is 19.4 Å². The van der Waals surface area contributed by atoms with Gasteiger partial charge in [0.2, 0.25) is 5.91 Å². The maximum Gasteiger partial charge on any atom is 0.416 e. The summed E-state index contributed by atoms with van der Waals surface area (Å²) in [6.07, 6.45) is -0.632. The summed E-state index contributed by atoms with van der Waals surface area (Å²) in [6, 6.07) is 4.18. The van der Waals surface area contributed by atoms with Crippen molar-refractivity contribution in [3.8, 4) is 6.01 Å². The first-order chi connectivity index (χ1) is 16.2. The van der Waals surface area contributed by atoms with Gasteiger partial charge in [0.1, 0.15) is 5.69 Å². The third kappa shape index (κ3) is 5.69. The molecule has 3 heterocycles. The van der Waals surface area contributed by atoms with E-state index < -0.39 is 11.7 Å². The fourth-order valence-electron chi connectivity index (χ4n) is 4.25. The molecule has 1 aromatic heterocycles. The number of carbonyl (C=O) groups is 1. The number of aromatic nitrogens is 2. The van der Waals surface area contributed by atoms with E-state index in [2.05, 4.69) is 20.2 Å². The number of nitrogens with zero attached hydrogens (tertiary/aromatic N) is 4. The number of likely N-dealkylation sites (tertiary alicyclic amines) is 1. The van der Waals surface area contributed by atoms with Gasteiger partial charge in [-0.3, -0.25) is 9.69 Å². The quantitative estimate of drug-likeness (QED) is 0.557. The van der Waals surface area contributed by atoms with E-state index in [1.54, 1.807) is 11.0 Å². The maximum atomic E-state index is 13.6. The van der Waals surface area contributed by atoms with E-state index >= 15 is 0 Å². The minimum Gasteiger partial charge on any atom is -0.463 e. The van der Waals surface area contributed by atoms with Gasteiger partial charge in [0.15, 0.2) is 11.6 Å². The second kappa shape index (κ2) is 10.0. The van der Waals surface area contributed by atoms with Gasteiger partial charge in [-0.05, 0) is 55.6 Å². The van der Waals surface area contributed by atoms with Crippen LogP contribution in [0, 0.1) is 0 Å². The number of unbranched alkanes of at least 4 members (excludes halogenated alkanes) is 1. The minimum atomic E-state index is -4.47. The van der Waals surface area contributed by atoms with Gasteiger partial charge in [0.05, 0.1) is 18.7 Å². The molecule has 2 aliphatic rings. The Morgan fingerprint density at radius 1 is 1.12 bits per heavy atom. The van der Waals surface area contributed by atoms with Gasteiger partial charge in [-0.2, -0.15) is 23.1 Å². The van der Waals surface area contributed by atoms with Crippen LogP contribution in [0.4, 0.5) is 30.5 Å². The van der Waals surface area contributed by atoms with Crippen molar-refractivity contribution in [3.05, 3.63) is 34.9 Å². The van der Waals surface area contributed by atoms with Crippen LogP contribution < -0.4 is 20.7 Å². The lowest BCUT2D eigenvalue weighted by Gasteiger charge is -2.30. The van der Waals surface area contributed by atoms with Crippen LogP contribution in [0.3, 0.4) is 0 Å². The van der Waals surface area contributed by atoms with Gasteiger partial charge in [0.25, 0.3) is 0 Å². The third-order valence-corrected chi connectivity index (χ3v) is 5.88. The predicted molar refractivity (Wildman–Crippen MR) is 122 cm³/mol. The van der Waals surface area contributed by atoms with Crippen molar-refractivity contribution in [1.82, 2.24) is 14.9 Å². The Balaban J connectivity index is 1.64. The molecule has 1 aromatic carbocycles. The number of fused-ring (bicyclic) bond motifs is 1. The lowest BCUT2D eigenvalue weighted by atomic mass is 10.0. The Morgan fingerprint density at radius 3 is 2.50 bits per heavy atom. The second-order valence-corrected chi connectivity index (χ2v) is 8.72. The summed E-state index contributed by atoms with van der Waals surface area (Å²) in [5, 5.41) is 2.66. The number of nitrogens with two attached hydrogens (primary N) is 1. The molecule has 0 aliphatic carbocycles. The number of rotatable bonds is 8. The Bertz CT molecular complexity index is 1040. The molecule has 0 atom stereocenters. The average molecular weight is 479 g/mol. The molecule has 1 saturated heterocycles. The van der Waals surface area contributed by atoms with Gasteiger partial charge in [-0.25, -0.2) is 0 Å². The smallest absolute Gasteiger partial charge is 0.416 e.